The fraction of sp³-hybridized carbons (Fsp3) is 0.345. The predicted octanol–water partition coefficient (Wildman–Crippen LogP) is 8.69. The Bertz CT molecular complexity index is 1110. The number of aryl methyl sites for hydroxylation is 6. The van der Waals surface area contributed by atoms with Crippen molar-refractivity contribution in [1.82, 2.24) is 0 Å². The summed E-state index contributed by atoms with van der Waals surface area (Å²) < 4.78 is 0. The van der Waals surface area contributed by atoms with Gasteiger partial charge in [-0.05, 0) is 41.5 Å². The third kappa shape index (κ3) is 107. The Hall–Kier alpha value is -5.12. The largest absolute Gasteiger partial charge is 0.400 e. The molecule has 6 aromatic carbocycles. The molecule has 66 heavy (non-hydrogen) atoms. The molecule has 6 aromatic rings. The quantitative estimate of drug-likeness (QED) is 0.0692. The van der Waals surface area contributed by atoms with Crippen LogP contribution < -0.4 is 0 Å². The Balaban J connectivity index is -0.0000000486. The molecular weight excluding hydrogens is 837 g/mol. The first-order chi connectivity index (χ1) is 32.4. The monoisotopic (exact) mass is 935 g/mol. The second kappa shape index (κ2) is 113. The van der Waals surface area contributed by atoms with Gasteiger partial charge in [-0.3, -0.25) is 0 Å². The maximum Gasteiger partial charge on any atom is 0.0319 e. The van der Waals surface area contributed by atoms with Crippen LogP contribution in [0.3, 0.4) is 0 Å². The van der Waals surface area contributed by atoms with E-state index in [1.807, 2.05) is 123 Å². The van der Waals surface area contributed by atoms with Gasteiger partial charge in [0, 0.05) is 78.2 Å². The summed E-state index contributed by atoms with van der Waals surface area (Å²) in [6.07, 6.45) is 0. The van der Waals surface area contributed by atoms with Gasteiger partial charge in [0.25, 0.3) is 0 Å². The molecule has 11 N–H and O–H groups in total. The van der Waals surface area contributed by atoms with E-state index >= 15 is 0 Å². The lowest BCUT2D eigenvalue weighted by Crippen LogP contribution is -1.62. The molecule has 0 saturated heterocycles. The van der Waals surface area contributed by atoms with Gasteiger partial charge in [-0.2, -0.15) is 0 Å². The molecule has 0 unspecified atom stereocenters. The molecule has 0 radical (unpaired) electrons. The molecule has 0 heterocycles. The molecule has 6 rings (SSSR count). The van der Waals surface area contributed by atoms with Crippen LogP contribution in [0.5, 0.6) is 0 Å². The highest BCUT2D eigenvalue weighted by atomic mass is 16.3. The van der Waals surface area contributed by atoms with Crippen LogP contribution in [0.2, 0.25) is 0 Å². The fourth-order valence-corrected chi connectivity index (χ4v) is 3.21. The van der Waals surface area contributed by atoms with E-state index in [2.05, 4.69) is 114 Å². The number of aliphatic hydroxyl groups excluding tert-OH is 11. The molecule has 0 saturated carbocycles. The number of aliphatic hydroxyl groups is 11. The van der Waals surface area contributed by atoms with Crippen LogP contribution in [0.25, 0.3) is 0 Å². The maximum absolute atomic E-state index is 7.00. The van der Waals surface area contributed by atoms with E-state index in [0.29, 0.717) is 0 Å². The lowest BCUT2D eigenvalue weighted by atomic mass is 10.2. The van der Waals surface area contributed by atoms with Gasteiger partial charge in [0.15, 0.2) is 0 Å². The van der Waals surface area contributed by atoms with E-state index in [9.17, 15) is 0 Å². The van der Waals surface area contributed by atoms with Crippen molar-refractivity contribution in [3.8, 4) is 0 Å². The van der Waals surface area contributed by atoms with Crippen molar-refractivity contribution in [1.29, 1.82) is 0 Å². The number of hydrogen-bond donors (Lipinski definition) is 11. The lowest BCUT2D eigenvalue weighted by Gasteiger charge is -1.82. The second-order valence-corrected chi connectivity index (χ2v) is 9.93. The normalized spacial score (nSPS) is 6.64. The molecule has 11 heteroatoms. The van der Waals surface area contributed by atoms with Crippen molar-refractivity contribution in [2.75, 3.05) is 78.2 Å². The first kappa shape index (κ1) is 91.4. The first-order valence-electron chi connectivity index (χ1n) is 20.4. The van der Waals surface area contributed by atoms with E-state index in [1.54, 1.807) is 0 Å². The number of hydrogen-bond acceptors (Lipinski definition) is 11. The minimum absolute atomic E-state index is 1.00. The van der Waals surface area contributed by atoms with E-state index in [0.717, 1.165) is 78.2 Å². The molecular formula is C55H98O11. The zero-order chi connectivity index (χ0) is 54.7. The van der Waals surface area contributed by atoms with Gasteiger partial charge < -0.3 is 56.2 Å². The Morgan fingerprint density at radius 2 is 0.212 bits per heavy atom. The summed E-state index contributed by atoms with van der Waals surface area (Å²) >= 11 is 0. The SMILES string of the molecule is CC.CO.CO.CO.CO.CO.CO.CO.CO.CO.CO.CO.Cc1ccccc1.Cc1ccccc1.Cc1ccccc1.Cc1ccccc1.Cc1ccccc1.Cc1ccccc1. The Morgan fingerprint density at radius 3 is 0.242 bits per heavy atom. The third-order valence-electron chi connectivity index (χ3n) is 5.64. The molecule has 0 aliphatic rings. The van der Waals surface area contributed by atoms with Gasteiger partial charge in [-0.25, -0.2) is 0 Å². The van der Waals surface area contributed by atoms with Gasteiger partial charge in [0.1, 0.15) is 0 Å². The van der Waals surface area contributed by atoms with E-state index in [1.165, 1.54) is 33.4 Å². The minimum Gasteiger partial charge on any atom is -0.400 e. The van der Waals surface area contributed by atoms with Gasteiger partial charge in [0.05, 0.1) is 0 Å². The lowest BCUT2D eigenvalue weighted by molar-refractivity contribution is 0.399. The maximum atomic E-state index is 7.00. The summed E-state index contributed by atoms with van der Waals surface area (Å²) in [4.78, 5) is 0. The van der Waals surface area contributed by atoms with Crippen molar-refractivity contribution < 1.29 is 56.2 Å². The Labute approximate surface area is 403 Å². The van der Waals surface area contributed by atoms with Gasteiger partial charge in [-0.15, -0.1) is 0 Å². The summed E-state index contributed by atoms with van der Waals surface area (Å²) in [7, 11) is 11.0. The van der Waals surface area contributed by atoms with E-state index < -0.39 is 0 Å². The highest BCUT2D eigenvalue weighted by molar-refractivity contribution is 5.14. The number of rotatable bonds is 0. The van der Waals surface area contributed by atoms with Crippen LogP contribution in [0.1, 0.15) is 47.2 Å². The molecule has 0 aliphatic carbocycles. The first-order valence-corrected chi connectivity index (χ1v) is 20.4. The third-order valence-corrected chi connectivity index (χ3v) is 5.64. The molecule has 0 amide bonds. The molecule has 0 atom stereocenters. The predicted molar refractivity (Wildman–Crippen MR) is 288 cm³/mol. The van der Waals surface area contributed by atoms with Crippen LogP contribution in [-0.2, 0) is 0 Å². The molecule has 384 valence electrons. The summed E-state index contributed by atoms with van der Waals surface area (Å²) in [5.41, 5.74) is 7.93. The Morgan fingerprint density at radius 1 is 0.152 bits per heavy atom. The zero-order valence-corrected chi connectivity index (χ0v) is 44.2. The molecule has 0 bridgehead atoms. The highest BCUT2D eigenvalue weighted by Crippen LogP contribution is 1.95. The minimum atomic E-state index is 1.00. The van der Waals surface area contributed by atoms with Crippen LogP contribution in [-0.4, -0.2) is 134 Å². The second-order valence-electron chi connectivity index (χ2n) is 9.93. The summed E-state index contributed by atoms with van der Waals surface area (Å²) in [6.45, 7) is 16.5. The summed E-state index contributed by atoms with van der Waals surface area (Å²) in [6, 6.07) is 61.6. The summed E-state index contributed by atoms with van der Waals surface area (Å²) in [5, 5.41) is 77.0. The van der Waals surface area contributed by atoms with Crippen LogP contribution in [0, 0.1) is 41.5 Å². The van der Waals surface area contributed by atoms with E-state index in [-0.39, 0.29) is 0 Å². The van der Waals surface area contributed by atoms with Crippen molar-refractivity contribution in [3.63, 3.8) is 0 Å². The molecule has 0 aliphatic heterocycles. The average molecular weight is 935 g/mol. The average Bonchev–Trinajstić information content (AvgIpc) is 3.43. The summed E-state index contributed by atoms with van der Waals surface area (Å²) in [5.74, 6) is 0. The topological polar surface area (TPSA) is 223 Å². The number of benzene rings is 6. The van der Waals surface area contributed by atoms with Crippen LogP contribution in [0.15, 0.2) is 182 Å². The fourth-order valence-electron chi connectivity index (χ4n) is 3.21. The van der Waals surface area contributed by atoms with Gasteiger partial charge in [-0.1, -0.05) is 229 Å². The zero-order valence-electron chi connectivity index (χ0n) is 44.2. The van der Waals surface area contributed by atoms with Crippen LogP contribution >= 0.6 is 0 Å². The molecule has 0 fully saturated rings. The van der Waals surface area contributed by atoms with Crippen LogP contribution in [0.4, 0.5) is 0 Å². The van der Waals surface area contributed by atoms with Gasteiger partial charge in [0.2, 0.25) is 0 Å². The molecule has 0 aromatic heterocycles. The highest BCUT2D eigenvalue weighted by Gasteiger charge is 1.75. The van der Waals surface area contributed by atoms with Gasteiger partial charge >= 0.3 is 0 Å². The smallest absolute Gasteiger partial charge is 0.0319 e. The van der Waals surface area contributed by atoms with Crippen molar-refractivity contribution in [3.05, 3.63) is 215 Å². The van der Waals surface area contributed by atoms with E-state index in [4.69, 9.17) is 56.2 Å². The van der Waals surface area contributed by atoms with Crippen molar-refractivity contribution in [2.45, 2.75) is 55.4 Å². The molecule has 0 spiro atoms. The molecule has 11 nitrogen and oxygen atoms in total. The van der Waals surface area contributed by atoms with Crippen molar-refractivity contribution in [2.24, 2.45) is 0 Å². The standard InChI is InChI=1S/6C7H8.C2H6.11CH4O/c6*1-7-5-3-2-4-6-7;12*1-2/h6*2-6H,1H3;1-2H3;11*2H,1H3. The van der Waals surface area contributed by atoms with Crippen molar-refractivity contribution >= 4 is 0 Å². The Kier molecular flexibility index (Phi) is 156.